The van der Waals surface area contributed by atoms with Gasteiger partial charge in [0.25, 0.3) is 5.91 Å². The first-order chi connectivity index (χ1) is 7.95. The summed E-state index contributed by atoms with van der Waals surface area (Å²) in [6.07, 6.45) is 0. The number of hydrogen-bond acceptors (Lipinski definition) is 6. The highest BCUT2D eigenvalue weighted by Crippen LogP contribution is 2.21. The Kier molecular flexibility index (Phi) is 3.17. The van der Waals surface area contributed by atoms with Gasteiger partial charge in [-0.1, -0.05) is 11.4 Å². The van der Waals surface area contributed by atoms with Crippen molar-refractivity contribution >= 4 is 27.3 Å². The van der Waals surface area contributed by atoms with Crippen LogP contribution in [-0.2, 0) is 9.84 Å². The zero-order valence-electron chi connectivity index (χ0n) is 9.58. The molecule has 1 aromatic rings. The molecule has 1 saturated heterocycles. The van der Waals surface area contributed by atoms with Gasteiger partial charge in [0.05, 0.1) is 10.9 Å². The molecule has 1 aliphatic heterocycles. The normalized spacial score (nSPS) is 16.9. The van der Waals surface area contributed by atoms with Crippen LogP contribution in [0.25, 0.3) is 0 Å². The molecule has 1 amide bonds. The van der Waals surface area contributed by atoms with Gasteiger partial charge in [-0.25, -0.2) is 8.42 Å². The van der Waals surface area contributed by atoms with Gasteiger partial charge in [-0.15, -0.1) is 5.10 Å². The lowest BCUT2D eigenvalue weighted by atomic mass is 10.2. The lowest BCUT2D eigenvalue weighted by molar-refractivity contribution is 0.0663. The Bertz CT molecular complexity index is 531. The number of hydrogen-bond donors (Lipinski definition) is 0. The lowest BCUT2D eigenvalue weighted by Crippen LogP contribution is -2.57. The van der Waals surface area contributed by atoms with Gasteiger partial charge in [0.15, 0.2) is 9.84 Å². The molecule has 2 heterocycles. The summed E-state index contributed by atoms with van der Waals surface area (Å²) >= 11 is 1.05. The molecular formula is C9H13N3O3S2. The van der Waals surface area contributed by atoms with Gasteiger partial charge >= 0.3 is 0 Å². The fraction of sp³-hybridized carbons (Fsp3) is 0.667. The number of rotatable bonds is 3. The fourth-order valence-electron chi connectivity index (χ4n) is 1.64. The van der Waals surface area contributed by atoms with Gasteiger partial charge in [-0.2, -0.15) is 0 Å². The van der Waals surface area contributed by atoms with E-state index in [1.54, 1.807) is 13.8 Å². The number of aryl methyl sites for hydroxylation is 1. The molecule has 0 aliphatic carbocycles. The van der Waals surface area contributed by atoms with Gasteiger partial charge < -0.3 is 4.90 Å². The van der Waals surface area contributed by atoms with Crippen molar-refractivity contribution in [2.75, 3.05) is 18.8 Å². The SMILES string of the molecule is CCS(=O)(=O)C1CN(C(=O)c2snnc2C)C1. The van der Waals surface area contributed by atoms with Crippen molar-refractivity contribution in [3.05, 3.63) is 10.6 Å². The molecule has 0 atom stereocenters. The van der Waals surface area contributed by atoms with Crippen LogP contribution in [0.2, 0.25) is 0 Å². The van der Waals surface area contributed by atoms with E-state index in [1.807, 2.05) is 0 Å². The second-order valence-corrected chi connectivity index (χ2v) is 7.30. The predicted molar refractivity (Wildman–Crippen MR) is 63.8 cm³/mol. The number of sulfone groups is 1. The zero-order valence-corrected chi connectivity index (χ0v) is 11.2. The number of likely N-dealkylation sites (tertiary alicyclic amines) is 1. The highest BCUT2D eigenvalue weighted by molar-refractivity contribution is 7.92. The summed E-state index contributed by atoms with van der Waals surface area (Å²) in [6, 6.07) is 0. The van der Waals surface area contributed by atoms with E-state index in [9.17, 15) is 13.2 Å². The van der Waals surface area contributed by atoms with Gasteiger partial charge in [-0.05, 0) is 18.5 Å². The molecule has 94 valence electrons. The molecule has 0 spiro atoms. The molecule has 0 aromatic carbocycles. The third kappa shape index (κ3) is 2.19. The zero-order chi connectivity index (χ0) is 12.6. The molecule has 1 fully saturated rings. The summed E-state index contributed by atoms with van der Waals surface area (Å²) in [6.45, 7) is 3.91. The molecular weight excluding hydrogens is 262 g/mol. The van der Waals surface area contributed by atoms with Crippen molar-refractivity contribution in [3.8, 4) is 0 Å². The Morgan fingerprint density at radius 3 is 2.65 bits per heavy atom. The molecule has 0 bridgehead atoms. The monoisotopic (exact) mass is 275 g/mol. The van der Waals surface area contributed by atoms with Crippen LogP contribution in [0.4, 0.5) is 0 Å². The van der Waals surface area contributed by atoms with E-state index in [-0.39, 0.29) is 24.7 Å². The Labute approximate surface area is 104 Å². The van der Waals surface area contributed by atoms with Crippen LogP contribution in [-0.4, -0.2) is 52.9 Å². The van der Waals surface area contributed by atoms with Crippen LogP contribution in [0.5, 0.6) is 0 Å². The van der Waals surface area contributed by atoms with Crippen molar-refractivity contribution in [1.82, 2.24) is 14.5 Å². The third-order valence-corrected chi connectivity index (χ3v) is 5.83. The molecule has 0 saturated carbocycles. The van der Waals surface area contributed by atoms with Crippen LogP contribution in [0.3, 0.4) is 0 Å². The van der Waals surface area contributed by atoms with Gasteiger partial charge in [-0.3, -0.25) is 4.79 Å². The van der Waals surface area contributed by atoms with Crippen LogP contribution in [0.1, 0.15) is 22.3 Å². The number of aromatic nitrogens is 2. The van der Waals surface area contributed by atoms with Gasteiger partial charge in [0.2, 0.25) is 0 Å². The van der Waals surface area contributed by atoms with E-state index < -0.39 is 15.1 Å². The first-order valence-electron chi connectivity index (χ1n) is 5.25. The minimum absolute atomic E-state index is 0.126. The molecule has 6 nitrogen and oxygen atoms in total. The van der Waals surface area contributed by atoms with E-state index >= 15 is 0 Å². The summed E-state index contributed by atoms with van der Waals surface area (Å²) in [5.74, 6) is -0.0408. The van der Waals surface area contributed by atoms with E-state index in [0.29, 0.717) is 10.6 Å². The summed E-state index contributed by atoms with van der Waals surface area (Å²) in [4.78, 5) is 14.0. The van der Waals surface area contributed by atoms with Gasteiger partial charge in [0.1, 0.15) is 4.88 Å². The van der Waals surface area contributed by atoms with E-state index in [0.717, 1.165) is 11.5 Å². The number of nitrogens with zero attached hydrogens (tertiary/aromatic N) is 3. The first-order valence-corrected chi connectivity index (χ1v) is 7.74. The van der Waals surface area contributed by atoms with Crippen molar-refractivity contribution in [1.29, 1.82) is 0 Å². The van der Waals surface area contributed by atoms with E-state index in [4.69, 9.17) is 0 Å². The molecule has 8 heteroatoms. The molecule has 0 unspecified atom stereocenters. The Balaban J connectivity index is 2.02. The maximum absolute atomic E-state index is 11.9. The number of carbonyl (C=O) groups excluding carboxylic acids is 1. The molecule has 0 radical (unpaired) electrons. The van der Waals surface area contributed by atoms with Crippen LogP contribution >= 0.6 is 11.5 Å². The summed E-state index contributed by atoms with van der Waals surface area (Å²) in [5, 5.41) is 3.36. The van der Waals surface area contributed by atoms with Crippen molar-refractivity contribution < 1.29 is 13.2 Å². The molecule has 2 rings (SSSR count). The standard InChI is InChI=1S/C9H13N3O3S2/c1-3-17(14,15)7-4-12(5-7)9(13)8-6(2)10-11-16-8/h7H,3-5H2,1-2H3. The van der Waals surface area contributed by atoms with Crippen molar-refractivity contribution in [2.24, 2.45) is 0 Å². The smallest absolute Gasteiger partial charge is 0.267 e. The lowest BCUT2D eigenvalue weighted by Gasteiger charge is -2.38. The third-order valence-electron chi connectivity index (χ3n) is 2.89. The minimum atomic E-state index is -3.03. The number of carbonyl (C=O) groups is 1. The minimum Gasteiger partial charge on any atom is -0.335 e. The molecule has 17 heavy (non-hydrogen) atoms. The topological polar surface area (TPSA) is 80.2 Å². The highest BCUT2D eigenvalue weighted by atomic mass is 32.2. The maximum Gasteiger partial charge on any atom is 0.267 e. The Morgan fingerprint density at radius 2 is 2.18 bits per heavy atom. The summed E-state index contributed by atoms with van der Waals surface area (Å²) in [5.41, 5.74) is 0.599. The van der Waals surface area contributed by atoms with Crippen molar-refractivity contribution in [2.45, 2.75) is 19.1 Å². The highest BCUT2D eigenvalue weighted by Gasteiger charge is 2.39. The number of amides is 1. The molecule has 0 N–H and O–H groups in total. The largest absolute Gasteiger partial charge is 0.335 e. The maximum atomic E-state index is 11.9. The van der Waals surface area contributed by atoms with Crippen LogP contribution in [0.15, 0.2) is 0 Å². The predicted octanol–water partition coefficient (Wildman–Crippen LogP) is 0.106. The Hall–Kier alpha value is -1.02. The van der Waals surface area contributed by atoms with Crippen LogP contribution in [0, 0.1) is 6.92 Å². The molecule has 1 aromatic heterocycles. The summed E-state index contributed by atoms with van der Waals surface area (Å²) < 4.78 is 26.8. The fourth-order valence-corrected chi connectivity index (χ4v) is 3.55. The van der Waals surface area contributed by atoms with E-state index in [2.05, 4.69) is 9.59 Å². The molecule has 1 aliphatic rings. The van der Waals surface area contributed by atoms with E-state index in [1.165, 1.54) is 4.90 Å². The van der Waals surface area contributed by atoms with Crippen LogP contribution < -0.4 is 0 Å². The quantitative estimate of drug-likeness (QED) is 0.782. The van der Waals surface area contributed by atoms with Crippen molar-refractivity contribution in [3.63, 3.8) is 0 Å². The Morgan fingerprint density at radius 1 is 1.53 bits per heavy atom. The average molecular weight is 275 g/mol. The summed E-state index contributed by atoms with van der Waals surface area (Å²) in [7, 11) is -3.03. The van der Waals surface area contributed by atoms with Gasteiger partial charge in [0, 0.05) is 18.8 Å². The second kappa shape index (κ2) is 4.34. The first kappa shape index (κ1) is 12.4. The second-order valence-electron chi connectivity index (χ2n) is 3.97. The average Bonchev–Trinajstić information content (AvgIpc) is 2.61.